The van der Waals surface area contributed by atoms with Crippen LogP contribution < -0.4 is 5.56 Å². The SMILES string of the molecule is O=C(c1ccncc1)N1CCC(Cn2cnc3c(cnn3-c3ccc(F)cc3)c2=O)CC1. The molecule has 0 atom stereocenters. The summed E-state index contributed by atoms with van der Waals surface area (Å²) in [5, 5.41) is 4.69. The van der Waals surface area contributed by atoms with Gasteiger partial charge in [0.1, 0.15) is 11.2 Å². The van der Waals surface area contributed by atoms with Crippen molar-refractivity contribution in [1.29, 1.82) is 0 Å². The van der Waals surface area contributed by atoms with Crippen LogP contribution in [0.1, 0.15) is 23.2 Å². The number of rotatable bonds is 4. The molecule has 1 aromatic carbocycles. The van der Waals surface area contributed by atoms with Gasteiger partial charge in [-0.05, 0) is 55.2 Å². The van der Waals surface area contributed by atoms with E-state index < -0.39 is 0 Å². The fraction of sp³-hybridized carbons (Fsp3) is 0.261. The number of amides is 1. The molecule has 162 valence electrons. The second kappa shape index (κ2) is 8.33. The third-order valence-electron chi connectivity index (χ3n) is 5.91. The minimum absolute atomic E-state index is 0.0133. The molecule has 4 aromatic rings. The third kappa shape index (κ3) is 3.77. The first-order valence-electron chi connectivity index (χ1n) is 10.5. The first kappa shape index (κ1) is 20.0. The lowest BCUT2D eigenvalue weighted by Gasteiger charge is -2.32. The van der Waals surface area contributed by atoms with Crippen molar-refractivity contribution >= 4 is 16.9 Å². The van der Waals surface area contributed by atoms with Crippen LogP contribution >= 0.6 is 0 Å². The molecule has 4 heterocycles. The van der Waals surface area contributed by atoms with Crippen LogP contribution in [0, 0.1) is 11.7 Å². The maximum absolute atomic E-state index is 13.2. The maximum atomic E-state index is 13.2. The Hall–Kier alpha value is -3.88. The van der Waals surface area contributed by atoms with E-state index in [1.807, 2.05) is 4.90 Å². The summed E-state index contributed by atoms with van der Waals surface area (Å²) in [6, 6.07) is 9.32. The predicted octanol–water partition coefficient (Wildman–Crippen LogP) is 2.67. The number of halogens is 1. The van der Waals surface area contributed by atoms with Gasteiger partial charge < -0.3 is 4.90 Å². The van der Waals surface area contributed by atoms with Crippen molar-refractivity contribution in [3.05, 3.63) is 83.1 Å². The Kier molecular flexibility index (Phi) is 5.22. The Morgan fingerprint density at radius 3 is 2.50 bits per heavy atom. The van der Waals surface area contributed by atoms with Gasteiger partial charge in [0.05, 0.1) is 18.2 Å². The van der Waals surface area contributed by atoms with Gasteiger partial charge in [0.25, 0.3) is 11.5 Å². The van der Waals surface area contributed by atoms with Crippen LogP contribution in [0.3, 0.4) is 0 Å². The summed E-state index contributed by atoms with van der Waals surface area (Å²) in [6.45, 7) is 1.85. The van der Waals surface area contributed by atoms with E-state index in [2.05, 4.69) is 15.1 Å². The molecule has 5 rings (SSSR count). The minimum Gasteiger partial charge on any atom is -0.339 e. The Labute approximate surface area is 183 Å². The Balaban J connectivity index is 1.29. The van der Waals surface area contributed by atoms with Crippen molar-refractivity contribution in [1.82, 2.24) is 29.2 Å². The molecule has 0 N–H and O–H groups in total. The van der Waals surface area contributed by atoms with Gasteiger partial charge in [0.15, 0.2) is 5.65 Å². The van der Waals surface area contributed by atoms with Crippen LogP contribution in [0.2, 0.25) is 0 Å². The molecule has 0 saturated carbocycles. The van der Waals surface area contributed by atoms with E-state index in [0.717, 1.165) is 12.8 Å². The fourth-order valence-electron chi connectivity index (χ4n) is 4.12. The summed E-state index contributed by atoms with van der Waals surface area (Å²) >= 11 is 0. The van der Waals surface area contributed by atoms with Crippen molar-refractivity contribution in [2.75, 3.05) is 13.1 Å². The van der Waals surface area contributed by atoms with Crippen molar-refractivity contribution in [2.24, 2.45) is 5.92 Å². The van der Waals surface area contributed by atoms with E-state index in [1.165, 1.54) is 23.0 Å². The van der Waals surface area contributed by atoms with Gasteiger partial charge in [0.2, 0.25) is 0 Å². The Bertz CT molecular complexity index is 1310. The smallest absolute Gasteiger partial charge is 0.264 e. The number of carbonyl (C=O) groups excluding carboxylic acids is 1. The molecular weight excluding hydrogens is 411 g/mol. The highest BCUT2D eigenvalue weighted by Crippen LogP contribution is 2.21. The van der Waals surface area contributed by atoms with Gasteiger partial charge in [-0.25, -0.2) is 14.1 Å². The molecule has 8 nitrogen and oxygen atoms in total. The molecule has 0 bridgehead atoms. The number of benzene rings is 1. The van der Waals surface area contributed by atoms with Crippen molar-refractivity contribution < 1.29 is 9.18 Å². The van der Waals surface area contributed by atoms with E-state index >= 15 is 0 Å². The van der Waals surface area contributed by atoms with Gasteiger partial charge in [0, 0.05) is 37.6 Å². The van der Waals surface area contributed by atoms with Gasteiger partial charge in [-0.3, -0.25) is 19.1 Å². The van der Waals surface area contributed by atoms with E-state index in [0.29, 0.717) is 41.9 Å². The molecular formula is C23H21FN6O2. The molecule has 0 unspecified atom stereocenters. The summed E-state index contributed by atoms with van der Waals surface area (Å²) in [6.07, 6.45) is 7.91. The molecule has 1 aliphatic rings. The summed E-state index contributed by atoms with van der Waals surface area (Å²) in [5.41, 5.74) is 1.56. The summed E-state index contributed by atoms with van der Waals surface area (Å²) in [7, 11) is 0. The molecule has 1 fully saturated rings. The predicted molar refractivity (Wildman–Crippen MR) is 116 cm³/mol. The molecule has 9 heteroatoms. The van der Waals surface area contributed by atoms with E-state index in [4.69, 9.17) is 0 Å². The second-order valence-electron chi connectivity index (χ2n) is 7.94. The Morgan fingerprint density at radius 1 is 1.06 bits per heavy atom. The van der Waals surface area contributed by atoms with E-state index in [1.54, 1.807) is 47.6 Å². The molecule has 32 heavy (non-hydrogen) atoms. The third-order valence-corrected chi connectivity index (χ3v) is 5.91. The maximum Gasteiger partial charge on any atom is 0.264 e. The van der Waals surface area contributed by atoms with Crippen LogP contribution in [0.15, 0.2) is 66.1 Å². The van der Waals surface area contributed by atoms with Gasteiger partial charge >= 0.3 is 0 Å². The lowest BCUT2D eigenvalue weighted by atomic mass is 9.96. The highest BCUT2D eigenvalue weighted by molar-refractivity contribution is 5.94. The number of aromatic nitrogens is 5. The lowest BCUT2D eigenvalue weighted by molar-refractivity contribution is 0.0682. The lowest BCUT2D eigenvalue weighted by Crippen LogP contribution is -2.40. The first-order chi connectivity index (χ1) is 15.6. The Morgan fingerprint density at radius 2 is 1.78 bits per heavy atom. The highest BCUT2D eigenvalue weighted by atomic mass is 19.1. The zero-order valence-corrected chi connectivity index (χ0v) is 17.3. The molecule has 3 aromatic heterocycles. The largest absolute Gasteiger partial charge is 0.339 e. The number of hydrogen-bond donors (Lipinski definition) is 0. The topological polar surface area (TPSA) is 85.9 Å². The summed E-state index contributed by atoms with van der Waals surface area (Å²) in [5.74, 6) is -0.0473. The van der Waals surface area contributed by atoms with Gasteiger partial charge in [-0.1, -0.05) is 0 Å². The van der Waals surface area contributed by atoms with Crippen LogP contribution in [0.5, 0.6) is 0 Å². The van der Waals surface area contributed by atoms with Crippen LogP contribution in [0.4, 0.5) is 4.39 Å². The van der Waals surface area contributed by atoms with Crippen LogP contribution in [-0.4, -0.2) is 48.2 Å². The quantitative estimate of drug-likeness (QED) is 0.495. The van der Waals surface area contributed by atoms with Crippen LogP contribution in [0.25, 0.3) is 16.7 Å². The van der Waals surface area contributed by atoms with Crippen LogP contribution in [-0.2, 0) is 6.54 Å². The first-order valence-corrected chi connectivity index (χ1v) is 10.5. The standard InChI is InChI=1S/C23H21FN6O2/c24-18-1-3-19(4-2-18)30-21-20(13-27-30)23(32)29(15-26-21)14-16-7-11-28(12-8-16)22(31)17-5-9-25-10-6-17/h1-6,9-10,13,15-16H,7-8,11-12,14H2. The minimum atomic E-state index is -0.339. The summed E-state index contributed by atoms with van der Waals surface area (Å²) in [4.78, 5) is 35.9. The molecule has 1 amide bonds. The van der Waals surface area contributed by atoms with Gasteiger partial charge in [-0.2, -0.15) is 5.10 Å². The van der Waals surface area contributed by atoms with Gasteiger partial charge in [-0.15, -0.1) is 0 Å². The fourth-order valence-corrected chi connectivity index (χ4v) is 4.12. The number of piperidine rings is 1. The highest BCUT2D eigenvalue weighted by Gasteiger charge is 2.24. The molecule has 1 saturated heterocycles. The molecule has 0 spiro atoms. The zero-order valence-electron chi connectivity index (χ0n) is 17.3. The number of hydrogen-bond acceptors (Lipinski definition) is 5. The zero-order chi connectivity index (χ0) is 22.1. The number of fused-ring (bicyclic) bond motifs is 1. The van der Waals surface area contributed by atoms with Crippen molar-refractivity contribution in [3.63, 3.8) is 0 Å². The average Bonchev–Trinajstić information content (AvgIpc) is 3.27. The van der Waals surface area contributed by atoms with Crippen molar-refractivity contribution in [3.8, 4) is 5.69 Å². The summed E-state index contributed by atoms with van der Waals surface area (Å²) < 4.78 is 16.4. The monoisotopic (exact) mass is 432 g/mol. The number of pyridine rings is 1. The number of carbonyl (C=O) groups is 1. The van der Waals surface area contributed by atoms with E-state index in [-0.39, 0.29) is 23.2 Å². The number of likely N-dealkylation sites (tertiary alicyclic amines) is 1. The molecule has 0 aliphatic carbocycles. The second-order valence-corrected chi connectivity index (χ2v) is 7.94. The van der Waals surface area contributed by atoms with E-state index in [9.17, 15) is 14.0 Å². The average molecular weight is 432 g/mol. The van der Waals surface area contributed by atoms with Crippen molar-refractivity contribution in [2.45, 2.75) is 19.4 Å². The molecule has 1 aliphatic heterocycles. The molecule has 0 radical (unpaired) electrons. The number of nitrogens with zero attached hydrogens (tertiary/aromatic N) is 6. The normalized spacial score (nSPS) is 14.7.